The second-order valence-electron chi connectivity index (χ2n) is 7.99. The van der Waals surface area contributed by atoms with Gasteiger partial charge in [0.25, 0.3) is 11.8 Å². The van der Waals surface area contributed by atoms with Gasteiger partial charge in [0.1, 0.15) is 17.3 Å². The third-order valence-corrected chi connectivity index (χ3v) is 5.41. The van der Waals surface area contributed by atoms with Gasteiger partial charge in [-0.05, 0) is 49.4 Å². The zero-order valence-corrected chi connectivity index (χ0v) is 19.5. The minimum atomic E-state index is -0.372. The molecule has 1 aromatic heterocycles. The molecule has 2 amide bonds. The molecule has 0 saturated heterocycles. The van der Waals surface area contributed by atoms with Gasteiger partial charge in [-0.15, -0.1) is 0 Å². The number of hydrogen-bond acceptors (Lipinski definition) is 7. The Kier molecular flexibility index (Phi) is 7.47. The molecular weight excluding hydrogens is 452 g/mol. The number of carbonyl (C=O) groups is 3. The molecule has 0 fully saturated rings. The molecule has 9 nitrogen and oxygen atoms in total. The van der Waals surface area contributed by atoms with Crippen molar-refractivity contribution in [2.75, 3.05) is 38.4 Å². The van der Waals surface area contributed by atoms with E-state index in [1.165, 1.54) is 4.90 Å². The van der Waals surface area contributed by atoms with Crippen molar-refractivity contribution in [3.05, 3.63) is 77.2 Å². The SMILES string of the molecule is COCCNC(=O)c1ccc(CN2C(=O)COc3ccc(C(=O)COc4ccc(C)cc4)cc32)o1. The lowest BCUT2D eigenvalue weighted by atomic mass is 10.1. The topological polar surface area (TPSA) is 107 Å². The number of hydrogen-bond donors (Lipinski definition) is 1. The highest BCUT2D eigenvalue weighted by Crippen LogP contribution is 2.34. The van der Waals surface area contributed by atoms with Gasteiger partial charge in [-0.1, -0.05) is 17.7 Å². The lowest BCUT2D eigenvalue weighted by Crippen LogP contribution is -2.38. The van der Waals surface area contributed by atoms with Gasteiger partial charge in [-0.2, -0.15) is 0 Å². The van der Waals surface area contributed by atoms with Gasteiger partial charge in [0.05, 0.1) is 18.8 Å². The summed E-state index contributed by atoms with van der Waals surface area (Å²) in [5, 5.41) is 2.68. The van der Waals surface area contributed by atoms with E-state index in [-0.39, 0.29) is 43.1 Å². The molecule has 4 rings (SSSR count). The number of nitrogens with zero attached hydrogens (tertiary/aromatic N) is 1. The van der Waals surface area contributed by atoms with Crippen molar-refractivity contribution in [2.24, 2.45) is 0 Å². The second kappa shape index (κ2) is 10.9. The molecule has 0 saturated carbocycles. The van der Waals surface area contributed by atoms with Crippen LogP contribution in [0.25, 0.3) is 0 Å². The Morgan fingerprint density at radius 3 is 2.66 bits per heavy atom. The smallest absolute Gasteiger partial charge is 0.287 e. The average Bonchev–Trinajstić information content (AvgIpc) is 3.34. The third kappa shape index (κ3) is 5.88. The molecule has 0 atom stereocenters. The largest absolute Gasteiger partial charge is 0.485 e. The fourth-order valence-corrected chi connectivity index (χ4v) is 3.51. The summed E-state index contributed by atoms with van der Waals surface area (Å²) in [6.45, 7) is 2.51. The first-order chi connectivity index (χ1) is 16.9. The number of carbonyl (C=O) groups excluding carboxylic acids is 3. The molecule has 182 valence electrons. The summed E-state index contributed by atoms with van der Waals surface area (Å²) in [5.41, 5.74) is 1.93. The maximum absolute atomic E-state index is 12.8. The number of ketones is 1. The van der Waals surface area contributed by atoms with Gasteiger partial charge in [0.15, 0.2) is 24.8 Å². The van der Waals surface area contributed by atoms with E-state index in [1.54, 1.807) is 49.6 Å². The fraction of sp³-hybridized carbons (Fsp3) is 0.269. The second-order valence-corrected chi connectivity index (χ2v) is 7.99. The van der Waals surface area contributed by atoms with E-state index >= 15 is 0 Å². The first-order valence-electron chi connectivity index (χ1n) is 11.1. The number of amides is 2. The predicted octanol–water partition coefficient (Wildman–Crippen LogP) is 3.15. The van der Waals surface area contributed by atoms with Crippen molar-refractivity contribution < 1.29 is 33.0 Å². The van der Waals surface area contributed by atoms with E-state index in [9.17, 15) is 14.4 Å². The maximum atomic E-state index is 12.8. The number of ether oxygens (including phenoxy) is 3. The Hall–Kier alpha value is -4.11. The first-order valence-corrected chi connectivity index (χ1v) is 11.1. The molecule has 1 N–H and O–H groups in total. The fourth-order valence-electron chi connectivity index (χ4n) is 3.51. The van der Waals surface area contributed by atoms with E-state index in [2.05, 4.69) is 5.32 Å². The predicted molar refractivity (Wildman–Crippen MR) is 127 cm³/mol. The van der Waals surface area contributed by atoms with Gasteiger partial charge in [0.2, 0.25) is 0 Å². The standard InChI is InChI=1S/C26H26N2O7/c1-17-3-6-19(7-4-17)33-15-22(29)18-5-9-23-21(13-18)28(25(30)16-34-23)14-20-8-10-24(35-20)26(31)27-11-12-32-2/h3-10,13H,11-12,14-16H2,1-2H3,(H,27,31). The van der Waals surface area contributed by atoms with Crippen LogP contribution in [0.15, 0.2) is 59.0 Å². The minimum Gasteiger partial charge on any atom is -0.485 e. The number of anilines is 1. The highest BCUT2D eigenvalue weighted by molar-refractivity contribution is 6.02. The molecule has 35 heavy (non-hydrogen) atoms. The lowest BCUT2D eigenvalue weighted by molar-refractivity contribution is -0.121. The molecule has 3 aromatic rings. The summed E-state index contributed by atoms with van der Waals surface area (Å²) in [7, 11) is 1.55. The molecule has 0 bridgehead atoms. The van der Waals surface area contributed by atoms with Crippen LogP contribution in [0.4, 0.5) is 5.69 Å². The highest BCUT2D eigenvalue weighted by atomic mass is 16.5. The van der Waals surface area contributed by atoms with Crippen molar-refractivity contribution >= 4 is 23.3 Å². The molecule has 1 aliphatic heterocycles. The van der Waals surface area contributed by atoms with Crippen molar-refractivity contribution in [3.63, 3.8) is 0 Å². The molecule has 2 heterocycles. The number of Topliss-reactive ketones (excluding diaryl/α,β-unsaturated/α-hetero) is 1. The number of rotatable bonds is 10. The van der Waals surface area contributed by atoms with Crippen LogP contribution in [0, 0.1) is 6.92 Å². The number of methoxy groups -OCH3 is 1. The van der Waals surface area contributed by atoms with E-state index in [0.717, 1.165) is 5.56 Å². The van der Waals surface area contributed by atoms with Crippen LogP contribution >= 0.6 is 0 Å². The summed E-state index contributed by atoms with van der Waals surface area (Å²) in [6.07, 6.45) is 0. The Labute approximate surface area is 202 Å². The molecule has 0 unspecified atom stereocenters. The highest BCUT2D eigenvalue weighted by Gasteiger charge is 2.28. The number of furan rings is 1. The molecule has 2 aromatic carbocycles. The molecular formula is C26H26N2O7. The number of benzene rings is 2. The molecule has 1 aliphatic rings. The molecule has 0 aliphatic carbocycles. The number of fused-ring (bicyclic) bond motifs is 1. The van der Waals surface area contributed by atoms with Crippen molar-refractivity contribution in [3.8, 4) is 11.5 Å². The van der Waals surface area contributed by atoms with Gasteiger partial charge < -0.3 is 23.9 Å². The Morgan fingerprint density at radius 1 is 1.09 bits per heavy atom. The zero-order chi connectivity index (χ0) is 24.8. The van der Waals surface area contributed by atoms with E-state index < -0.39 is 0 Å². The Balaban J connectivity index is 1.46. The van der Waals surface area contributed by atoms with Gasteiger partial charge >= 0.3 is 0 Å². The molecule has 9 heteroatoms. The van der Waals surface area contributed by atoms with E-state index in [1.807, 2.05) is 19.1 Å². The molecule has 0 spiro atoms. The number of nitrogens with one attached hydrogen (secondary N) is 1. The van der Waals surface area contributed by atoms with Gasteiger partial charge in [-0.25, -0.2) is 0 Å². The summed E-state index contributed by atoms with van der Waals surface area (Å²) in [4.78, 5) is 39.1. The van der Waals surface area contributed by atoms with Crippen LogP contribution in [0.1, 0.15) is 32.2 Å². The average molecular weight is 479 g/mol. The van der Waals surface area contributed by atoms with Crippen LogP contribution in [0.3, 0.4) is 0 Å². The van der Waals surface area contributed by atoms with Crippen molar-refractivity contribution in [1.82, 2.24) is 5.32 Å². The first kappa shape index (κ1) is 24.0. The minimum absolute atomic E-state index is 0.0814. The Morgan fingerprint density at radius 2 is 1.89 bits per heavy atom. The van der Waals surface area contributed by atoms with Crippen LogP contribution < -0.4 is 19.7 Å². The van der Waals surface area contributed by atoms with E-state index in [0.29, 0.717) is 41.7 Å². The monoisotopic (exact) mass is 478 g/mol. The summed E-state index contributed by atoms with van der Waals surface area (Å²) >= 11 is 0. The normalized spacial score (nSPS) is 12.6. The van der Waals surface area contributed by atoms with Crippen LogP contribution in [0.2, 0.25) is 0 Å². The van der Waals surface area contributed by atoms with Gasteiger partial charge in [0, 0.05) is 19.2 Å². The molecule has 0 radical (unpaired) electrons. The van der Waals surface area contributed by atoms with Gasteiger partial charge in [-0.3, -0.25) is 19.3 Å². The summed E-state index contributed by atoms with van der Waals surface area (Å²) in [6, 6.07) is 15.5. The Bertz CT molecular complexity index is 1220. The summed E-state index contributed by atoms with van der Waals surface area (Å²) < 4.78 is 21.7. The summed E-state index contributed by atoms with van der Waals surface area (Å²) in [5.74, 6) is 0.728. The van der Waals surface area contributed by atoms with E-state index in [4.69, 9.17) is 18.6 Å². The maximum Gasteiger partial charge on any atom is 0.287 e. The van der Waals surface area contributed by atoms with Crippen LogP contribution in [-0.2, 0) is 16.1 Å². The van der Waals surface area contributed by atoms with Crippen LogP contribution in [0.5, 0.6) is 11.5 Å². The van der Waals surface area contributed by atoms with Crippen molar-refractivity contribution in [2.45, 2.75) is 13.5 Å². The lowest BCUT2D eigenvalue weighted by Gasteiger charge is -2.29. The zero-order valence-electron chi connectivity index (χ0n) is 19.5. The third-order valence-electron chi connectivity index (χ3n) is 5.41. The number of aryl methyl sites for hydroxylation is 1. The van der Waals surface area contributed by atoms with Crippen molar-refractivity contribution in [1.29, 1.82) is 0 Å². The van der Waals surface area contributed by atoms with Crippen LogP contribution in [-0.4, -0.2) is 51.1 Å². The quantitative estimate of drug-likeness (QED) is 0.352.